The second-order valence-electron chi connectivity index (χ2n) is 16.4. The Morgan fingerprint density at radius 3 is 2.41 bits per heavy atom. The molecule has 66 heavy (non-hydrogen) atoms. The van der Waals surface area contributed by atoms with E-state index in [1.165, 1.54) is 61.5 Å². The van der Waals surface area contributed by atoms with Gasteiger partial charge in [0.15, 0.2) is 10.9 Å². The quantitative estimate of drug-likeness (QED) is 0.0637. The van der Waals surface area contributed by atoms with Crippen LogP contribution in [0.5, 0.6) is 0 Å². The lowest BCUT2D eigenvalue weighted by molar-refractivity contribution is -0.137. The van der Waals surface area contributed by atoms with Gasteiger partial charge in [0.25, 0.3) is 11.8 Å². The van der Waals surface area contributed by atoms with Crippen LogP contribution >= 0.6 is 12.2 Å². The zero-order chi connectivity index (χ0) is 47.2. The number of halogens is 5. The summed E-state index contributed by atoms with van der Waals surface area (Å²) < 4.78 is 72.9. The van der Waals surface area contributed by atoms with Gasteiger partial charge in [-0.15, -0.1) is 0 Å². The van der Waals surface area contributed by atoms with Crippen molar-refractivity contribution in [1.82, 2.24) is 20.1 Å². The number of amides is 3. The molecule has 20 heteroatoms. The third-order valence-corrected chi connectivity index (χ3v) is 12.1. The van der Waals surface area contributed by atoms with E-state index < -0.39 is 58.3 Å². The van der Waals surface area contributed by atoms with Gasteiger partial charge >= 0.3 is 6.18 Å². The number of anilines is 4. The van der Waals surface area contributed by atoms with Crippen molar-refractivity contribution in [2.75, 3.05) is 33.5 Å². The maximum atomic E-state index is 15.5. The van der Waals surface area contributed by atoms with Crippen molar-refractivity contribution >= 4 is 69.3 Å². The van der Waals surface area contributed by atoms with Crippen LogP contribution in [0.3, 0.4) is 0 Å². The van der Waals surface area contributed by atoms with Gasteiger partial charge in [0.05, 0.1) is 46.1 Å². The van der Waals surface area contributed by atoms with E-state index in [4.69, 9.17) is 12.2 Å². The normalized spacial score (nSPS) is 17.5. The van der Waals surface area contributed by atoms with Crippen LogP contribution in [0, 0.1) is 23.0 Å². The van der Waals surface area contributed by atoms with Crippen molar-refractivity contribution in [2.24, 2.45) is 12.0 Å². The molecule has 1 aromatic heterocycles. The zero-order valence-corrected chi connectivity index (χ0v) is 36.3. The van der Waals surface area contributed by atoms with Crippen molar-refractivity contribution in [2.45, 2.75) is 63.2 Å². The van der Waals surface area contributed by atoms with Crippen LogP contribution in [0.2, 0.25) is 0 Å². The predicted molar refractivity (Wildman–Crippen MR) is 237 cm³/mol. The van der Waals surface area contributed by atoms with Gasteiger partial charge in [-0.25, -0.2) is 13.8 Å². The van der Waals surface area contributed by atoms with Crippen LogP contribution in [0.4, 0.5) is 44.7 Å². The summed E-state index contributed by atoms with van der Waals surface area (Å²) in [6.07, 6.45) is -1.70. The molecule has 0 radical (unpaired) electrons. The van der Waals surface area contributed by atoms with Gasteiger partial charge in [0.1, 0.15) is 35.9 Å². The first kappa shape index (κ1) is 45.2. The molecule has 4 aromatic carbocycles. The first-order chi connectivity index (χ1) is 31.4. The molecule has 1 fully saturated rings. The number of nitrogens with zero attached hydrogens (tertiary/aromatic N) is 7. The summed E-state index contributed by atoms with van der Waals surface area (Å²) in [6.45, 7) is 3.02. The van der Waals surface area contributed by atoms with E-state index in [1.54, 1.807) is 23.9 Å². The van der Waals surface area contributed by atoms with Gasteiger partial charge < -0.3 is 20.9 Å². The first-order valence-corrected chi connectivity index (χ1v) is 21.1. The number of hydrogen-bond acceptors (Lipinski definition) is 10. The Balaban J connectivity index is 0.832. The minimum Gasteiger partial charge on any atom is -0.376 e. The van der Waals surface area contributed by atoms with Crippen LogP contribution in [0.25, 0.3) is 0 Å². The number of hydrogen-bond donors (Lipinski definition) is 3. The number of nitrogens with one attached hydrogen (secondary N) is 3. The van der Waals surface area contributed by atoms with Gasteiger partial charge in [0, 0.05) is 48.2 Å². The summed E-state index contributed by atoms with van der Waals surface area (Å²) in [6, 6.07) is 17.2. The molecule has 2 atom stereocenters. The first-order valence-electron chi connectivity index (χ1n) is 20.7. The number of aliphatic imine (C=N–C) groups is 1. The molecule has 338 valence electrons. The Bertz CT molecular complexity index is 2910. The lowest BCUT2D eigenvalue weighted by Gasteiger charge is -2.37. The molecule has 3 N–H and O–H groups in total. The number of carbonyl (C=O) groups excluding carboxylic acids is 4. The van der Waals surface area contributed by atoms with E-state index in [-0.39, 0.29) is 58.8 Å². The fourth-order valence-electron chi connectivity index (χ4n) is 8.50. The van der Waals surface area contributed by atoms with Crippen molar-refractivity contribution in [3.05, 3.63) is 130 Å². The fourth-order valence-corrected chi connectivity index (χ4v) is 9.02. The van der Waals surface area contributed by atoms with E-state index in [1.807, 2.05) is 12.1 Å². The second-order valence-corrected chi connectivity index (χ2v) is 16.8. The number of thiocarbonyl (C=S) groups is 1. The molecule has 3 aliphatic rings. The molecule has 3 amide bonds. The molecule has 8 rings (SSSR count). The number of aryl methyl sites for hydroxylation is 1. The van der Waals surface area contributed by atoms with Crippen LogP contribution in [0.15, 0.2) is 84.1 Å². The van der Waals surface area contributed by atoms with Gasteiger partial charge in [-0.2, -0.15) is 23.5 Å². The maximum absolute atomic E-state index is 15.5. The summed E-state index contributed by atoms with van der Waals surface area (Å²) in [7, 11) is 1.76. The van der Waals surface area contributed by atoms with Crippen LogP contribution in [-0.4, -0.2) is 67.7 Å². The number of alkyl halides is 3. The molecule has 0 bridgehead atoms. The Kier molecular flexibility index (Phi) is 12.0. The predicted octanol–water partition coefficient (Wildman–Crippen LogP) is 7.77. The third-order valence-electron chi connectivity index (χ3n) is 11.7. The van der Waals surface area contributed by atoms with E-state index in [2.05, 4.69) is 31.0 Å². The fraction of sp³-hybridized carbons (Fsp3) is 0.283. The highest BCUT2D eigenvalue weighted by molar-refractivity contribution is 7.81. The van der Waals surface area contributed by atoms with Gasteiger partial charge in [0.2, 0.25) is 5.91 Å². The monoisotopic (exact) mass is 922 g/mol. The Morgan fingerprint density at radius 1 is 0.985 bits per heavy atom. The summed E-state index contributed by atoms with van der Waals surface area (Å²) >= 11 is 5.52. The largest absolute Gasteiger partial charge is 0.417 e. The smallest absolute Gasteiger partial charge is 0.376 e. The maximum Gasteiger partial charge on any atom is 0.417 e. The third kappa shape index (κ3) is 8.37. The van der Waals surface area contributed by atoms with E-state index >= 15 is 4.39 Å². The number of Topliss-reactive ketones (excluding diaryl/α,β-unsaturated/α-hetero) is 1. The molecule has 1 saturated heterocycles. The van der Waals surface area contributed by atoms with Crippen LogP contribution in [-0.2, 0) is 22.8 Å². The second kappa shape index (κ2) is 17.5. The van der Waals surface area contributed by atoms with E-state index in [0.29, 0.717) is 53.8 Å². The number of rotatable bonds is 12. The summed E-state index contributed by atoms with van der Waals surface area (Å²) in [5.74, 6) is -3.23. The molecule has 4 heterocycles. The van der Waals surface area contributed by atoms with Gasteiger partial charge in [-0.1, -0.05) is 18.6 Å². The minimum atomic E-state index is -4.88. The molecule has 0 spiro atoms. The Labute approximate surface area is 379 Å². The SMILES string of the molecule is Cn1ncnc1[C@@H]1C2=NCC(=O)c3cc(F)cc(c32)N[C@H]1c1ccc(NC(=O)CCCCCNC(=O)c2ccc(N3C(=S)N(c4ccc(C#N)c(C(F)(F)F)c4)C(=O)C3(C)C)cc2F)cc1. The lowest BCUT2D eigenvalue weighted by Crippen LogP contribution is -2.44. The molecule has 0 saturated carbocycles. The van der Waals surface area contributed by atoms with Crippen LogP contribution in [0.1, 0.15) is 100 Å². The molecule has 0 unspecified atom stereocenters. The highest BCUT2D eigenvalue weighted by Crippen LogP contribution is 2.45. The average Bonchev–Trinajstić information content (AvgIpc) is 3.77. The van der Waals surface area contributed by atoms with Crippen molar-refractivity contribution in [3.8, 4) is 6.07 Å². The summed E-state index contributed by atoms with van der Waals surface area (Å²) in [4.78, 5) is 63.4. The Morgan fingerprint density at radius 2 is 1.73 bits per heavy atom. The van der Waals surface area contributed by atoms with Gasteiger partial charge in [-0.05, 0) is 105 Å². The lowest BCUT2D eigenvalue weighted by atomic mass is 9.78. The standard InChI is InChI=1S/C46H39F5N10O4S/c1-45(2)43(65)60(28-13-10-25(21-52)32(19-28)46(49,50)51)44(66)61(45)29-14-15-30(33(48)20-29)42(64)53-16-6-4-5-7-36(63)57-27-11-8-24(9-12-27)39-38(41-55-23-56-59(41)3)40-37-31(35(62)22-54-40)17-26(47)18-34(37)58-39/h8-15,17-20,23,38-39,58H,4-7,16,22H2,1-3H3,(H,53,64)(H,57,63)/t38-,39-/m0/s1. The number of ketones is 1. The minimum absolute atomic E-state index is 0.0864. The topological polar surface area (TPSA) is 178 Å². The van der Waals surface area contributed by atoms with E-state index in [9.17, 15) is 42.0 Å². The van der Waals surface area contributed by atoms with Gasteiger partial charge in [-0.3, -0.25) is 33.8 Å². The number of carbonyl (C=O) groups is 4. The van der Waals surface area contributed by atoms with Crippen molar-refractivity contribution in [1.29, 1.82) is 5.26 Å². The zero-order valence-electron chi connectivity index (χ0n) is 35.5. The Hall–Kier alpha value is -7.40. The number of aromatic nitrogens is 3. The summed E-state index contributed by atoms with van der Waals surface area (Å²) in [5, 5.41) is 22.2. The molecular formula is C46H39F5N10O4S. The highest BCUT2D eigenvalue weighted by atomic mass is 32.1. The molecule has 3 aliphatic heterocycles. The average molecular weight is 923 g/mol. The number of nitriles is 1. The van der Waals surface area contributed by atoms with Crippen molar-refractivity contribution < 1.29 is 41.1 Å². The molecule has 5 aromatic rings. The number of benzene rings is 4. The molecular weight excluding hydrogens is 884 g/mol. The van der Waals surface area contributed by atoms with E-state index in [0.717, 1.165) is 22.6 Å². The highest BCUT2D eigenvalue weighted by Gasteiger charge is 2.51. The van der Waals surface area contributed by atoms with Crippen LogP contribution < -0.4 is 25.8 Å². The molecule has 0 aliphatic carbocycles. The van der Waals surface area contributed by atoms with Crippen molar-refractivity contribution in [3.63, 3.8) is 0 Å². The summed E-state index contributed by atoms with van der Waals surface area (Å²) in [5.41, 5.74) is -0.528. The number of unbranched alkanes of at least 4 members (excludes halogenated alkanes) is 2. The molecule has 14 nitrogen and oxygen atoms in total.